The van der Waals surface area contributed by atoms with Crippen molar-refractivity contribution in [1.82, 2.24) is 4.90 Å². The first-order valence-corrected chi connectivity index (χ1v) is 7.15. The van der Waals surface area contributed by atoms with Gasteiger partial charge in [-0.2, -0.15) is 0 Å². The van der Waals surface area contributed by atoms with E-state index in [0.717, 1.165) is 36.2 Å². The molecular formula is C16H25NO2. The molecule has 0 aromatic heterocycles. The van der Waals surface area contributed by atoms with Gasteiger partial charge < -0.3 is 14.7 Å². The van der Waals surface area contributed by atoms with E-state index in [9.17, 15) is 5.11 Å². The summed E-state index contributed by atoms with van der Waals surface area (Å²) in [6.45, 7) is 7.46. The third-order valence-corrected chi connectivity index (χ3v) is 4.18. The van der Waals surface area contributed by atoms with Crippen LogP contribution in [0.2, 0.25) is 0 Å². The Morgan fingerprint density at radius 2 is 2.11 bits per heavy atom. The smallest absolute Gasteiger partial charge is 0.124 e. The molecule has 1 aliphatic heterocycles. The molecule has 0 amide bonds. The summed E-state index contributed by atoms with van der Waals surface area (Å²) < 4.78 is 5.31. The second-order valence-corrected chi connectivity index (χ2v) is 5.81. The van der Waals surface area contributed by atoms with Gasteiger partial charge in [0.25, 0.3) is 0 Å². The maximum absolute atomic E-state index is 10.4. The average molecular weight is 263 g/mol. The number of ether oxygens (including phenoxy) is 1. The molecule has 3 heteroatoms. The largest absolute Gasteiger partial charge is 0.496 e. The summed E-state index contributed by atoms with van der Waals surface area (Å²) in [6, 6.07) is 7.72. The highest BCUT2D eigenvalue weighted by Crippen LogP contribution is 2.28. The molecule has 1 aliphatic rings. The lowest BCUT2D eigenvalue weighted by molar-refractivity contribution is 0.120. The molecule has 2 rings (SSSR count). The molecule has 1 aromatic carbocycles. The minimum atomic E-state index is -0.470. The number of likely N-dealkylation sites (tertiary alicyclic amines) is 1. The van der Waals surface area contributed by atoms with Crippen molar-refractivity contribution in [2.45, 2.75) is 26.4 Å². The summed E-state index contributed by atoms with van der Waals surface area (Å²) in [5.74, 6) is 2.27. The lowest BCUT2D eigenvalue weighted by atomic mass is 9.95. The average Bonchev–Trinajstić information content (AvgIpc) is 2.87. The quantitative estimate of drug-likeness (QED) is 0.886. The van der Waals surface area contributed by atoms with Crippen molar-refractivity contribution in [3.63, 3.8) is 0 Å². The van der Waals surface area contributed by atoms with E-state index < -0.39 is 6.10 Å². The normalized spacial score (nSPS) is 21.8. The third kappa shape index (κ3) is 3.48. The molecule has 1 aromatic rings. The van der Waals surface area contributed by atoms with Gasteiger partial charge in [-0.25, -0.2) is 0 Å². The zero-order chi connectivity index (χ0) is 13.8. The van der Waals surface area contributed by atoms with Crippen molar-refractivity contribution in [1.29, 1.82) is 0 Å². The van der Waals surface area contributed by atoms with E-state index in [-0.39, 0.29) is 0 Å². The molecule has 19 heavy (non-hydrogen) atoms. The van der Waals surface area contributed by atoms with Gasteiger partial charge in [-0.1, -0.05) is 32.0 Å². The standard InChI is InChI=1S/C16H25NO2/c1-12(2)13-8-9-17(10-13)11-15(18)14-6-4-5-7-16(14)19-3/h4-7,12-13,15,18H,8-11H2,1-3H3. The van der Waals surface area contributed by atoms with Gasteiger partial charge in [0, 0.05) is 18.7 Å². The van der Waals surface area contributed by atoms with E-state index in [1.807, 2.05) is 24.3 Å². The Bertz CT molecular complexity index is 405. The van der Waals surface area contributed by atoms with Crippen LogP contribution < -0.4 is 4.74 Å². The van der Waals surface area contributed by atoms with E-state index >= 15 is 0 Å². The zero-order valence-corrected chi connectivity index (χ0v) is 12.2. The van der Waals surface area contributed by atoms with Crippen molar-refractivity contribution in [2.75, 3.05) is 26.7 Å². The van der Waals surface area contributed by atoms with E-state index in [1.54, 1.807) is 7.11 Å². The van der Waals surface area contributed by atoms with E-state index in [2.05, 4.69) is 18.7 Å². The van der Waals surface area contributed by atoms with Crippen LogP contribution in [0.1, 0.15) is 31.9 Å². The molecule has 0 radical (unpaired) electrons. The van der Waals surface area contributed by atoms with Gasteiger partial charge in [0.2, 0.25) is 0 Å². The summed E-state index contributed by atoms with van der Waals surface area (Å²) in [6.07, 6.45) is 0.776. The second-order valence-electron chi connectivity index (χ2n) is 5.81. The monoisotopic (exact) mass is 263 g/mol. The van der Waals surface area contributed by atoms with Gasteiger partial charge in [-0.05, 0) is 30.9 Å². The first kappa shape index (κ1) is 14.4. The Labute approximate surface area is 116 Å². The highest BCUT2D eigenvalue weighted by molar-refractivity contribution is 5.35. The molecule has 1 saturated heterocycles. The molecule has 1 heterocycles. The summed E-state index contributed by atoms with van der Waals surface area (Å²) in [4.78, 5) is 2.36. The fraction of sp³-hybridized carbons (Fsp3) is 0.625. The minimum absolute atomic E-state index is 0.470. The molecule has 0 spiro atoms. The van der Waals surface area contributed by atoms with Gasteiger partial charge in [0.05, 0.1) is 13.2 Å². The minimum Gasteiger partial charge on any atom is -0.496 e. The maximum Gasteiger partial charge on any atom is 0.124 e. The number of aliphatic hydroxyl groups excluding tert-OH is 1. The van der Waals surface area contributed by atoms with Crippen molar-refractivity contribution in [3.8, 4) is 5.75 Å². The SMILES string of the molecule is COc1ccccc1C(O)CN1CCC(C(C)C)C1. The van der Waals surface area contributed by atoms with Crippen LogP contribution in [-0.2, 0) is 0 Å². The zero-order valence-electron chi connectivity index (χ0n) is 12.2. The fourth-order valence-corrected chi connectivity index (χ4v) is 2.86. The predicted octanol–water partition coefficient (Wildman–Crippen LogP) is 2.71. The molecular weight excluding hydrogens is 238 g/mol. The van der Waals surface area contributed by atoms with Gasteiger partial charge in [0.1, 0.15) is 5.75 Å². The number of benzene rings is 1. The molecule has 106 valence electrons. The summed E-state index contributed by atoms with van der Waals surface area (Å²) in [7, 11) is 1.65. The van der Waals surface area contributed by atoms with Gasteiger partial charge >= 0.3 is 0 Å². The highest BCUT2D eigenvalue weighted by atomic mass is 16.5. The molecule has 0 bridgehead atoms. The van der Waals surface area contributed by atoms with Crippen molar-refractivity contribution in [3.05, 3.63) is 29.8 Å². The van der Waals surface area contributed by atoms with E-state index in [0.29, 0.717) is 6.54 Å². The van der Waals surface area contributed by atoms with Gasteiger partial charge in [-0.3, -0.25) is 0 Å². The molecule has 0 saturated carbocycles. The molecule has 1 fully saturated rings. The summed E-state index contributed by atoms with van der Waals surface area (Å²) in [5.41, 5.74) is 0.887. The molecule has 3 nitrogen and oxygen atoms in total. The number of nitrogens with zero attached hydrogens (tertiary/aromatic N) is 1. The van der Waals surface area contributed by atoms with Crippen LogP contribution in [0.5, 0.6) is 5.75 Å². The van der Waals surface area contributed by atoms with Crippen molar-refractivity contribution >= 4 is 0 Å². The first-order valence-electron chi connectivity index (χ1n) is 7.15. The Balaban J connectivity index is 1.96. The van der Waals surface area contributed by atoms with Crippen molar-refractivity contribution in [2.24, 2.45) is 11.8 Å². The number of methoxy groups -OCH3 is 1. The van der Waals surface area contributed by atoms with Crippen molar-refractivity contribution < 1.29 is 9.84 Å². The van der Waals surface area contributed by atoms with Crippen LogP contribution in [0.3, 0.4) is 0 Å². The maximum atomic E-state index is 10.4. The number of β-amino-alcohol motifs (C(OH)–C–C–N with tert-alkyl or cyclic N) is 1. The highest BCUT2D eigenvalue weighted by Gasteiger charge is 2.27. The van der Waals surface area contributed by atoms with Crippen LogP contribution in [0.4, 0.5) is 0 Å². The van der Waals surface area contributed by atoms with Gasteiger partial charge in [-0.15, -0.1) is 0 Å². The predicted molar refractivity (Wildman–Crippen MR) is 77.3 cm³/mol. The number of aliphatic hydroxyl groups is 1. The lowest BCUT2D eigenvalue weighted by Crippen LogP contribution is -2.27. The van der Waals surface area contributed by atoms with Crippen LogP contribution in [-0.4, -0.2) is 36.8 Å². The molecule has 0 aliphatic carbocycles. The van der Waals surface area contributed by atoms with Gasteiger partial charge in [0.15, 0.2) is 0 Å². The van der Waals surface area contributed by atoms with Crippen LogP contribution in [0, 0.1) is 11.8 Å². The Kier molecular flexibility index (Phi) is 4.83. The number of hydrogen-bond donors (Lipinski definition) is 1. The Hall–Kier alpha value is -1.06. The summed E-state index contributed by atoms with van der Waals surface area (Å²) >= 11 is 0. The van der Waals surface area contributed by atoms with Crippen LogP contribution >= 0.6 is 0 Å². The lowest BCUT2D eigenvalue weighted by Gasteiger charge is -2.22. The first-order chi connectivity index (χ1) is 9.11. The molecule has 1 N–H and O–H groups in total. The summed E-state index contributed by atoms with van der Waals surface area (Å²) in [5, 5.41) is 10.4. The second kappa shape index (κ2) is 6.40. The Morgan fingerprint density at radius 3 is 2.74 bits per heavy atom. The van der Waals surface area contributed by atoms with E-state index in [1.165, 1.54) is 6.42 Å². The Morgan fingerprint density at radius 1 is 1.37 bits per heavy atom. The third-order valence-electron chi connectivity index (χ3n) is 4.18. The van der Waals surface area contributed by atoms with Crippen LogP contribution in [0.25, 0.3) is 0 Å². The number of para-hydroxylation sites is 1. The number of hydrogen-bond acceptors (Lipinski definition) is 3. The molecule has 2 unspecified atom stereocenters. The molecule has 2 atom stereocenters. The number of rotatable bonds is 5. The van der Waals surface area contributed by atoms with E-state index in [4.69, 9.17) is 4.74 Å². The van der Waals surface area contributed by atoms with Crippen LogP contribution in [0.15, 0.2) is 24.3 Å². The fourth-order valence-electron chi connectivity index (χ4n) is 2.86. The topological polar surface area (TPSA) is 32.7 Å².